The van der Waals surface area contributed by atoms with Crippen molar-refractivity contribution in [1.82, 2.24) is 0 Å². The van der Waals surface area contributed by atoms with Crippen LogP contribution in [-0.4, -0.2) is 36.8 Å². The van der Waals surface area contributed by atoms with E-state index >= 15 is 0 Å². The Kier molecular flexibility index (Phi) is 18.0. The van der Waals surface area contributed by atoms with Gasteiger partial charge in [0, 0.05) is 25.0 Å². The van der Waals surface area contributed by atoms with Gasteiger partial charge in [0.05, 0.1) is 7.11 Å². The first-order chi connectivity index (χ1) is 14.5. The Morgan fingerprint density at radius 3 is 2.57 bits per heavy atom. The van der Waals surface area contributed by atoms with Crippen LogP contribution in [0.25, 0.3) is 0 Å². The van der Waals surface area contributed by atoms with Crippen molar-refractivity contribution in [2.45, 2.75) is 91.4 Å². The van der Waals surface area contributed by atoms with Gasteiger partial charge >= 0.3 is 5.97 Å². The maximum absolute atomic E-state index is 12.0. The number of hydrogen-bond donors (Lipinski definition) is 1. The Morgan fingerprint density at radius 2 is 1.93 bits per heavy atom. The molecule has 0 spiro atoms. The average Bonchev–Trinajstić information content (AvgIpc) is 3.16. The number of carbonyl (C=O) groups is 2. The van der Waals surface area contributed by atoms with Crippen molar-refractivity contribution in [3.63, 3.8) is 0 Å². The second-order valence-electron chi connectivity index (χ2n) is 8.03. The van der Waals surface area contributed by atoms with Crippen molar-refractivity contribution in [2.24, 2.45) is 11.8 Å². The summed E-state index contributed by atoms with van der Waals surface area (Å²) < 4.78 is 4.68. The Bertz CT molecular complexity index is 539. The fraction of sp³-hybridized carbons (Fsp3) is 0.760. The largest absolute Gasteiger partial charge is 0.469 e. The molecule has 2 unspecified atom stereocenters. The zero-order valence-electron chi connectivity index (χ0n) is 19.9. The Balaban J connectivity index is 0.00000407. The monoisotopic (exact) mass is 440 g/mol. The van der Waals surface area contributed by atoms with Crippen molar-refractivity contribution in [2.75, 3.05) is 20.0 Å². The third-order valence-electron chi connectivity index (χ3n) is 5.52. The van der Waals surface area contributed by atoms with Crippen LogP contribution in [0, 0.1) is 11.8 Å². The minimum Gasteiger partial charge on any atom is -0.469 e. The lowest BCUT2D eigenvalue weighted by Gasteiger charge is -2.12. The molecule has 0 aliphatic heterocycles. The van der Waals surface area contributed by atoms with Crippen molar-refractivity contribution in [1.29, 1.82) is 0 Å². The maximum atomic E-state index is 12.0. The van der Waals surface area contributed by atoms with Gasteiger partial charge < -0.3 is 9.84 Å². The first-order valence-corrected chi connectivity index (χ1v) is 12.5. The summed E-state index contributed by atoms with van der Waals surface area (Å²) in [4.78, 5) is 24.5. The fourth-order valence-electron chi connectivity index (χ4n) is 3.68. The number of aliphatic hydroxyl groups is 1. The van der Waals surface area contributed by atoms with Crippen LogP contribution in [0.3, 0.4) is 0 Å². The predicted octanol–water partition coefficient (Wildman–Crippen LogP) is 6.48. The van der Waals surface area contributed by atoms with E-state index in [4.69, 9.17) is 5.11 Å². The van der Waals surface area contributed by atoms with Gasteiger partial charge in [-0.05, 0) is 62.0 Å². The highest BCUT2D eigenvalue weighted by atomic mass is 32.2. The Labute approximate surface area is 188 Å². The van der Waals surface area contributed by atoms with Crippen LogP contribution in [0.2, 0.25) is 0 Å². The number of esters is 1. The van der Waals surface area contributed by atoms with Crippen LogP contribution >= 0.6 is 11.8 Å². The van der Waals surface area contributed by atoms with Gasteiger partial charge in [0.1, 0.15) is 0 Å². The van der Waals surface area contributed by atoms with Crippen molar-refractivity contribution in [3.8, 4) is 0 Å². The van der Waals surface area contributed by atoms with Gasteiger partial charge in [-0.25, -0.2) is 0 Å². The van der Waals surface area contributed by atoms with E-state index in [1.165, 1.54) is 37.7 Å². The molecule has 0 radical (unpaired) electrons. The molecule has 0 saturated carbocycles. The van der Waals surface area contributed by atoms with Gasteiger partial charge in [0.25, 0.3) is 0 Å². The lowest BCUT2D eigenvalue weighted by molar-refractivity contribution is -0.140. The summed E-state index contributed by atoms with van der Waals surface area (Å²) in [6, 6.07) is 0. The molecule has 1 rings (SSSR count). The number of carbonyl (C=O) groups excluding carboxylic acids is 2. The molecule has 0 amide bonds. The highest BCUT2D eigenvalue weighted by molar-refractivity contribution is 8.03. The summed E-state index contributed by atoms with van der Waals surface area (Å²) in [5.41, 5.74) is 1.05. The van der Waals surface area contributed by atoms with Crippen molar-refractivity contribution in [3.05, 3.63) is 22.6 Å². The van der Waals surface area contributed by atoms with E-state index in [2.05, 4.69) is 30.7 Å². The van der Waals surface area contributed by atoms with Gasteiger partial charge in [-0.2, -0.15) is 0 Å². The van der Waals surface area contributed by atoms with Crippen LogP contribution in [0.15, 0.2) is 22.6 Å². The second-order valence-corrected chi connectivity index (χ2v) is 9.17. The van der Waals surface area contributed by atoms with E-state index in [1.807, 2.05) is 11.8 Å². The van der Waals surface area contributed by atoms with Crippen molar-refractivity contribution >= 4 is 23.5 Å². The molecule has 0 bridgehead atoms. The van der Waals surface area contributed by atoms with Crippen LogP contribution < -0.4 is 0 Å². The standard InChI is InChI=1S/C24H40O3S.CH4O/c1-5-6-12-19(2)13-9-10-14-21-16-17-22(20(3)25)24(21)28-18-11-7-8-15-23(26)27-4;1-2/h10,14,19,21H,5-9,11-13,15-18H2,1-4H3;2H,1H3/b14-10+;. The number of rotatable bonds is 15. The van der Waals surface area contributed by atoms with E-state index in [1.54, 1.807) is 6.92 Å². The number of allylic oxidation sites excluding steroid dienone is 4. The van der Waals surface area contributed by atoms with Crippen LogP contribution in [0.4, 0.5) is 0 Å². The molecule has 0 aromatic rings. The number of Topliss-reactive ketones (excluding diaryl/α,β-unsaturated/α-hetero) is 1. The topological polar surface area (TPSA) is 63.6 Å². The lowest BCUT2D eigenvalue weighted by Crippen LogP contribution is -2.00. The van der Waals surface area contributed by atoms with E-state index in [-0.39, 0.29) is 11.8 Å². The number of methoxy groups -OCH3 is 1. The summed E-state index contributed by atoms with van der Waals surface area (Å²) in [7, 11) is 2.44. The van der Waals surface area contributed by atoms with Crippen LogP contribution in [0.5, 0.6) is 0 Å². The van der Waals surface area contributed by atoms with Crippen LogP contribution in [-0.2, 0) is 14.3 Å². The summed E-state index contributed by atoms with van der Waals surface area (Å²) in [6.45, 7) is 6.31. The van der Waals surface area contributed by atoms with Gasteiger partial charge in [0.2, 0.25) is 0 Å². The molecule has 1 N–H and O–H groups in total. The molecule has 0 fully saturated rings. The van der Waals surface area contributed by atoms with Crippen molar-refractivity contribution < 1.29 is 19.4 Å². The molecule has 30 heavy (non-hydrogen) atoms. The number of aliphatic hydroxyl groups excluding tert-OH is 1. The van der Waals surface area contributed by atoms with Gasteiger partial charge in [-0.1, -0.05) is 51.7 Å². The second kappa shape index (κ2) is 18.7. The van der Waals surface area contributed by atoms with E-state index in [9.17, 15) is 9.59 Å². The summed E-state index contributed by atoms with van der Waals surface area (Å²) in [5.74, 6) is 2.35. The molecule has 174 valence electrons. The number of hydrogen-bond acceptors (Lipinski definition) is 5. The molecule has 0 heterocycles. The minimum absolute atomic E-state index is 0.126. The summed E-state index contributed by atoms with van der Waals surface area (Å²) in [6.07, 6.45) is 16.5. The average molecular weight is 441 g/mol. The zero-order chi connectivity index (χ0) is 22.8. The number of thioether (sulfide) groups is 1. The summed E-state index contributed by atoms with van der Waals surface area (Å²) in [5, 5.41) is 7.00. The first-order valence-electron chi connectivity index (χ1n) is 11.5. The third kappa shape index (κ3) is 12.6. The van der Waals surface area contributed by atoms with Gasteiger partial charge in [0.15, 0.2) is 5.78 Å². The maximum Gasteiger partial charge on any atom is 0.305 e. The molecule has 5 heteroatoms. The normalized spacial score (nSPS) is 17.1. The smallest absolute Gasteiger partial charge is 0.305 e. The van der Waals surface area contributed by atoms with E-state index in [0.717, 1.165) is 62.9 Å². The van der Waals surface area contributed by atoms with Crippen LogP contribution in [0.1, 0.15) is 91.4 Å². The molecule has 4 nitrogen and oxygen atoms in total. The Morgan fingerprint density at radius 1 is 1.20 bits per heavy atom. The van der Waals surface area contributed by atoms with Gasteiger partial charge in [-0.3, -0.25) is 9.59 Å². The molecule has 2 atom stereocenters. The SMILES string of the molecule is CCCCC(C)CC/C=C/C1CCC(C(C)=O)=C1SCCCCCC(=O)OC.CO. The molecule has 0 aromatic heterocycles. The van der Waals surface area contributed by atoms with E-state index in [0.29, 0.717) is 12.3 Å². The highest BCUT2D eigenvalue weighted by Gasteiger charge is 2.26. The third-order valence-corrected chi connectivity index (χ3v) is 6.87. The molecule has 1 aliphatic rings. The molecular formula is C25H44O4S. The number of ether oxygens (including phenoxy) is 1. The fourth-order valence-corrected chi connectivity index (χ4v) is 5.07. The molecule has 0 saturated heterocycles. The number of unbranched alkanes of at least 4 members (excludes halogenated alkanes) is 3. The van der Waals surface area contributed by atoms with Gasteiger partial charge in [-0.15, -0.1) is 11.8 Å². The minimum atomic E-state index is -0.126. The zero-order valence-corrected chi connectivity index (χ0v) is 20.7. The lowest BCUT2D eigenvalue weighted by atomic mass is 9.98. The Hall–Kier alpha value is -1.07. The molecular weight excluding hydrogens is 396 g/mol. The quantitative estimate of drug-likeness (QED) is 0.179. The summed E-state index contributed by atoms with van der Waals surface area (Å²) >= 11 is 1.86. The molecule has 1 aliphatic carbocycles. The predicted molar refractivity (Wildman–Crippen MR) is 129 cm³/mol. The number of ketones is 1. The van der Waals surface area contributed by atoms with E-state index < -0.39 is 0 Å². The molecule has 0 aromatic carbocycles. The highest BCUT2D eigenvalue weighted by Crippen LogP contribution is 2.41. The first kappa shape index (κ1) is 28.9.